The fourth-order valence-corrected chi connectivity index (χ4v) is 5.77. The zero-order chi connectivity index (χ0) is 28.8. The van der Waals surface area contributed by atoms with Gasteiger partial charge in [0.1, 0.15) is 5.92 Å². The van der Waals surface area contributed by atoms with E-state index < -0.39 is 47.4 Å². The molecule has 8 heteroatoms. The molecule has 4 amide bonds. The van der Waals surface area contributed by atoms with Gasteiger partial charge in [-0.3, -0.25) is 29.3 Å². The Balaban J connectivity index is 1.46. The number of carbonyl (C=O) groups is 5. The van der Waals surface area contributed by atoms with Crippen LogP contribution in [0.15, 0.2) is 54.6 Å². The zero-order valence-electron chi connectivity index (χ0n) is 23.4. The van der Waals surface area contributed by atoms with Crippen LogP contribution >= 0.6 is 0 Å². The number of carbonyl (C=O) groups excluding carboxylic acids is 5. The third-order valence-corrected chi connectivity index (χ3v) is 8.18. The first kappa shape index (κ1) is 29.2. The normalized spacial score (nSPS) is 21.0. The molecule has 212 valence electrons. The Morgan fingerprint density at radius 3 is 2.10 bits per heavy atom. The molecule has 4 rings (SSSR count). The van der Waals surface area contributed by atoms with Crippen molar-refractivity contribution < 1.29 is 24.0 Å². The topological polar surface area (TPSA) is 121 Å². The van der Waals surface area contributed by atoms with Gasteiger partial charge >= 0.3 is 0 Å². The van der Waals surface area contributed by atoms with Crippen molar-refractivity contribution in [2.24, 2.45) is 17.8 Å². The van der Waals surface area contributed by atoms with Gasteiger partial charge in [0, 0.05) is 5.56 Å². The van der Waals surface area contributed by atoms with Gasteiger partial charge in [-0.15, -0.1) is 0 Å². The van der Waals surface area contributed by atoms with Crippen LogP contribution in [0.5, 0.6) is 0 Å². The smallest absolute Gasteiger partial charge is 0.251 e. The number of hydrogen-bond donors (Lipinski definition) is 3. The van der Waals surface area contributed by atoms with Crippen LogP contribution in [-0.2, 0) is 19.2 Å². The van der Waals surface area contributed by atoms with Crippen LogP contribution in [0.3, 0.4) is 0 Å². The molecule has 2 fully saturated rings. The number of nitrogens with one attached hydrogen (secondary N) is 3. The quantitative estimate of drug-likeness (QED) is 0.305. The minimum atomic E-state index is -1.14. The summed E-state index contributed by atoms with van der Waals surface area (Å²) in [5.74, 6) is -4.03. The van der Waals surface area contributed by atoms with Crippen molar-refractivity contribution in [3.8, 4) is 0 Å². The predicted molar refractivity (Wildman–Crippen MR) is 151 cm³/mol. The molecule has 2 aromatic rings. The maximum atomic E-state index is 13.3. The van der Waals surface area contributed by atoms with E-state index in [0.717, 1.165) is 5.56 Å². The zero-order valence-corrected chi connectivity index (χ0v) is 23.4. The lowest BCUT2D eigenvalue weighted by Crippen LogP contribution is -2.49. The van der Waals surface area contributed by atoms with Crippen LogP contribution in [0.2, 0.25) is 0 Å². The summed E-state index contributed by atoms with van der Waals surface area (Å²) < 4.78 is 0. The molecular weight excluding hydrogens is 506 g/mol. The number of Topliss-reactive ketones (excluding diaryl/α,β-unsaturated/α-hetero) is 1. The Kier molecular flexibility index (Phi) is 9.50. The van der Waals surface area contributed by atoms with Gasteiger partial charge in [-0.1, -0.05) is 82.5 Å². The van der Waals surface area contributed by atoms with Crippen LogP contribution in [-0.4, -0.2) is 35.5 Å². The Morgan fingerprint density at radius 1 is 0.875 bits per heavy atom. The average molecular weight is 546 g/mol. The predicted octanol–water partition coefficient (Wildman–Crippen LogP) is 4.21. The minimum Gasteiger partial charge on any atom is -0.346 e. The fourth-order valence-electron chi connectivity index (χ4n) is 5.77. The van der Waals surface area contributed by atoms with Crippen LogP contribution in [0, 0.1) is 17.8 Å². The highest BCUT2D eigenvalue weighted by molar-refractivity contribution is 6.16. The van der Waals surface area contributed by atoms with E-state index >= 15 is 0 Å². The third-order valence-electron chi connectivity index (χ3n) is 8.18. The Labute approximate surface area is 235 Å². The summed E-state index contributed by atoms with van der Waals surface area (Å²) in [6, 6.07) is 15.4. The summed E-state index contributed by atoms with van der Waals surface area (Å²) in [7, 11) is 0. The molecule has 40 heavy (non-hydrogen) atoms. The number of hydrogen-bond acceptors (Lipinski definition) is 5. The monoisotopic (exact) mass is 545 g/mol. The van der Waals surface area contributed by atoms with Crippen molar-refractivity contribution in [3.63, 3.8) is 0 Å². The minimum absolute atomic E-state index is 0.0994. The molecule has 1 saturated carbocycles. The summed E-state index contributed by atoms with van der Waals surface area (Å²) in [6.07, 6.45) is 6.02. The van der Waals surface area contributed by atoms with Crippen LogP contribution in [0.25, 0.3) is 0 Å². The average Bonchev–Trinajstić information content (AvgIpc) is 3.22. The van der Waals surface area contributed by atoms with Crippen LogP contribution < -0.4 is 16.0 Å². The highest BCUT2D eigenvalue weighted by Crippen LogP contribution is 2.32. The molecule has 3 N–H and O–H groups in total. The molecule has 1 aliphatic carbocycles. The largest absolute Gasteiger partial charge is 0.346 e. The summed E-state index contributed by atoms with van der Waals surface area (Å²) in [4.78, 5) is 63.9. The molecule has 0 bridgehead atoms. The molecule has 8 nitrogen and oxygen atoms in total. The van der Waals surface area contributed by atoms with Gasteiger partial charge in [-0.25, -0.2) is 0 Å². The van der Waals surface area contributed by atoms with E-state index in [0.29, 0.717) is 11.5 Å². The van der Waals surface area contributed by atoms with Gasteiger partial charge < -0.3 is 10.6 Å². The standard InChI is InChI=1S/C32H39N3O5/c1-19(2)28(29(37)27-20(3)30(38)35-32(27)40)34-26(36)18-25(23-12-8-5-9-13-23)33-31(39)24-16-14-22(15-17-24)21-10-6-4-7-11-21/h5,8-9,12-17,19-21,25,27-28H,4,6-7,10-11,18H2,1-3H3,(H,33,39)(H,34,36)(H,35,38,40)/t20-,25-,27+,28-/m0/s1. The number of benzene rings is 2. The number of rotatable bonds is 10. The van der Waals surface area contributed by atoms with Crippen molar-refractivity contribution in [2.45, 2.75) is 77.3 Å². The van der Waals surface area contributed by atoms with Gasteiger partial charge in [-0.05, 0) is 47.9 Å². The van der Waals surface area contributed by atoms with E-state index in [9.17, 15) is 24.0 Å². The second-order valence-corrected chi connectivity index (χ2v) is 11.4. The molecule has 0 aromatic heterocycles. The third kappa shape index (κ3) is 6.84. The first-order valence-corrected chi connectivity index (χ1v) is 14.3. The molecule has 2 aromatic carbocycles. The van der Waals surface area contributed by atoms with E-state index in [1.54, 1.807) is 13.8 Å². The Bertz CT molecular complexity index is 1230. The first-order chi connectivity index (χ1) is 19.2. The SMILES string of the molecule is CC(C)[C@H](NC(=O)C[C@H](NC(=O)c1ccc(C2CCCCC2)cc1)c1ccccc1)C(=O)[C@@H]1C(=O)NC(=O)[C@H]1C. The highest BCUT2D eigenvalue weighted by atomic mass is 16.2. The number of ketones is 1. The lowest BCUT2D eigenvalue weighted by molar-refractivity contribution is -0.137. The van der Waals surface area contributed by atoms with E-state index in [1.165, 1.54) is 44.6 Å². The molecule has 1 aliphatic heterocycles. The fraction of sp³-hybridized carbons (Fsp3) is 0.469. The number of imide groups is 1. The van der Waals surface area contributed by atoms with Crippen molar-refractivity contribution >= 4 is 29.4 Å². The molecule has 1 heterocycles. The second kappa shape index (κ2) is 13.0. The van der Waals surface area contributed by atoms with E-state index in [1.807, 2.05) is 54.6 Å². The summed E-state index contributed by atoms with van der Waals surface area (Å²) >= 11 is 0. The van der Waals surface area contributed by atoms with E-state index in [2.05, 4.69) is 16.0 Å². The van der Waals surface area contributed by atoms with Crippen LogP contribution in [0.1, 0.15) is 92.7 Å². The van der Waals surface area contributed by atoms with Gasteiger partial charge in [0.05, 0.1) is 24.4 Å². The highest BCUT2D eigenvalue weighted by Gasteiger charge is 2.46. The van der Waals surface area contributed by atoms with Gasteiger partial charge in [-0.2, -0.15) is 0 Å². The van der Waals surface area contributed by atoms with Crippen molar-refractivity contribution in [1.82, 2.24) is 16.0 Å². The van der Waals surface area contributed by atoms with Crippen molar-refractivity contribution in [3.05, 3.63) is 71.3 Å². The van der Waals surface area contributed by atoms with Crippen molar-refractivity contribution in [1.29, 1.82) is 0 Å². The van der Waals surface area contributed by atoms with Gasteiger partial charge in [0.25, 0.3) is 5.91 Å². The molecule has 2 aliphatic rings. The van der Waals surface area contributed by atoms with E-state index in [-0.39, 0.29) is 18.2 Å². The van der Waals surface area contributed by atoms with Crippen molar-refractivity contribution in [2.75, 3.05) is 0 Å². The second-order valence-electron chi connectivity index (χ2n) is 11.4. The van der Waals surface area contributed by atoms with E-state index in [4.69, 9.17) is 0 Å². The molecular formula is C32H39N3O5. The molecule has 0 spiro atoms. The number of amides is 4. The summed E-state index contributed by atoms with van der Waals surface area (Å²) in [5.41, 5.74) is 2.53. The molecule has 1 saturated heterocycles. The lowest BCUT2D eigenvalue weighted by atomic mass is 9.84. The Hall–Kier alpha value is -3.81. The first-order valence-electron chi connectivity index (χ1n) is 14.3. The molecule has 4 atom stereocenters. The maximum Gasteiger partial charge on any atom is 0.251 e. The summed E-state index contributed by atoms with van der Waals surface area (Å²) in [6.45, 7) is 5.08. The lowest BCUT2D eigenvalue weighted by Gasteiger charge is -2.26. The maximum absolute atomic E-state index is 13.3. The van der Waals surface area contributed by atoms with Gasteiger partial charge in [0.15, 0.2) is 5.78 Å². The molecule has 0 unspecified atom stereocenters. The van der Waals surface area contributed by atoms with Crippen LogP contribution in [0.4, 0.5) is 0 Å². The molecule has 0 radical (unpaired) electrons. The summed E-state index contributed by atoms with van der Waals surface area (Å²) in [5, 5.41) is 7.97. The Morgan fingerprint density at radius 2 is 1.52 bits per heavy atom. The van der Waals surface area contributed by atoms with Gasteiger partial charge in [0.2, 0.25) is 17.7 Å².